The Morgan fingerprint density at radius 1 is 1.38 bits per heavy atom. The molecule has 3 N–H and O–H groups in total. The topological polar surface area (TPSA) is 99.5 Å². The van der Waals surface area contributed by atoms with Crippen molar-refractivity contribution in [3.05, 3.63) is 30.1 Å². The van der Waals surface area contributed by atoms with Gasteiger partial charge in [0.1, 0.15) is 0 Å². The molecule has 0 amide bonds. The van der Waals surface area contributed by atoms with E-state index in [-0.39, 0.29) is 13.0 Å². The number of carbonyl (C=O) groups is 2. The Bertz CT molecular complexity index is 366. The minimum absolute atomic E-state index is 0.182. The van der Waals surface area contributed by atoms with Gasteiger partial charge in [0, 0.05) is 18.4 Å². The molecule has 1 rings (SSSR count). The number of aliphatic carboxylic acids is 2. The molecule has 0 radical (unpaired) electrons. The second-order valence-electron chi connectivity index (χ2n) is 3.21. The first-order valence-corrected chi connectivity index (χ1v) is 4.66. The first-order valence-electron chi connectivity index (χ1n) is 4.66. The Kier molecular flexibility index (Phi) is 4.41. The van der Waals surface area contributed by atoms with E-state index in [9.17, 15) is 9.59 Å². The largest absolute Gasteiger partial charge is 0.481 e. The van der Waals surface area contributed by atoms with Crippen LogP contribution in [0.5, 0.6) is 0 Å². The number of carboxylic acid groups (broad SMARTS) is 2. The second-order valence-corrected chi connectivity index (χ2v) is 3.21. The Labute approximate surface area is 91.9 Å². The molecule has 6 heteroatoms. The number of carboxylic acids is 2. The molecule has 0 aromatic carbocycles. The predicted molar refractivity (Wildman–Crippen MR) is 54.9 cm³/mol. The van der Waals surface area contributed by atoms with E-state index < -0.39 is 18.0 Å². The highest BCUT2D eigenvalue weighted by Crippen LogP contribution is 2.14. The van der Waals surface area contributed by atoms with Gasteiger partial charge in [-0.2, -0.15) is 0 Å². The third-order valence-electron chi connectivity index (χ3n) is 1.97. The molecule has 1 unspecified atom stereocenters. The number of nitrogens with one attached hydrogen (secondary N) is 1. The van der Waals surface area contributed by atoms with Crippen molar-refractivity contribution in [1.82, 2.24) is 10.3 Å². The van der Waals surface area contributed by atoms with E-state index in [0.717, 1.165) is 0 Å². The normalized spacial score (nSPS) is 12.0. The van der Waals surface area contributed by atoms with E-state index >= 15 is 0 Å². The third kappa shape index (κ3) is 4.05. The number of aromatic nitrogens is 1. The quantitative estimate of drug-likeness (QED) is 0.641. The second kappa shape index (κ2) is 5.82. The van der Waals surface area contributed by atoms with E-state index in [2.05, 4.69) is 10.3 Å². The summed E-state index contributed by atoms with van der Waals surface area (Å²) < 4.78 is 0. The molecular weight excluding hydrogens is 212 g/mol. The van der Waals surface area contributed by atoms with Gasteiger partial charge >= 0.3 is 11.9 Å². The Hall–Kier alpha value is -1.95. The van der Waals surface area contributed by atoms with Gasteiger partial charge in [0.05, 0.1) is 13.0 Å². The molecule has 0 saturated heterocycles. The Morgan fingerprint density at radius 2 is 2.12 bits per heavy atom. The monoisotopic (exact) mass is 224 g/mol. The molecule has 0 spiro atoms. The van der Waals surface area contributed by atoms with Crippen molar-refractivity contribution in [2.45, 2.75) is 12.5 Å². The molecular formula is C10H12N2O4. The van der Waals surface area contributed by atoms with Crippen molar-refractivity contribution in [2.24, 2.45) is 0 Å². The van der Waals surface area contributed by atoms with E-state index in [1.807, 2.05) is 0 Å². The van der Waals surface area contributed by atoms with Crippen LogP contribution in [0.3, 0.4) is 0 Å². The van der Waals surface area contributed by atoms with Crippen molar-refractivity contribution >= 4 is 11.9 Å². The van der Waals surface area contributed by atoms with Crippen LogP contribution in [0.1, 0.15) is 18.0 Å². The van der Waals surface area contributed by atoms with E-state index in [1.54, 1.807) is 18.3 Å². The van der Waals surface area contributed by atoms with Crippen LogP contribution in [0, 0.1) is 0 Å². The van der Waals surface area contributed by atoms with Crippen LogP contribution < -0.4 is 5.32 Å². The van der Waals surface area contributed by atoms with Crippen LogP contribution in [0.2, 0.25) is 0 Å². The maximum absolute atomic E-state index is 10.6. The van der Waals surface area contributed by atoms with E-state index in [1.165, 1.54) is 6.20 Å². The zero-order valence-corrected chi connectivity index (χ0v) is 8.46. The number of nitrogens with zero attached hydrogens (tertiary/aromatic N) is 1. The van der Waals surface area contributed by atoms with E-state index in [4.69, 9.17) is 10.2 Å². The van der Waals surface area contributed by atoms with Gasteiger partial charge in [-0.3, -0.25) is 19.9 Å². The van der Waals surface area contributed by atoms with Crippen LogP contribution in [0.4, 0.5) is 0 Å². The number of rotatable bonds is 6. The zero-order chi connectivity index (χ0) is 12.0. The standard InChI is InChI=1S/C10H12N2O4/c13-9(14)4-8(12-6-10(15)16)7-2-1-3-11-5-7/h1-3,5,8,12H,4,6H2,(H,13,14)(H,15,16). The summed E-state index contributed by atoms with van der Waals surface area (Å²) in [6.45, 7) is -0.285. The summed E-state index contributed by atoms with van der Waals surface area (Å²) in [5, 5.41) is 19.9. The van der Waals surface area contributed by atoms with Gasteiger partial charge in [0.15, 0.2) is 0 Å². The SMILES string of the molecule is O=C(O)CNC(CC(=O)O)c1cccnc1. The molecule has 0 saturated carbocycles. The fourth-order valence-corrected chi connectivity index (χ4v) is 1.28. The van der Waals surface area contributed by atoms with Gasteiger partial charge in [0.2, 0.25) is 0 Å². The fourth-order valence-electron chi connectivity index (χ4n) is 1.28. The average Bonchev–Trinajstić information content (AvgIpc) is 2.25. The number of hydrogen-bond acceptors (Lipinski definition) is 4. The van der Waals surface area contributed by atoms with Crippen LogP contribution in [0.25, 0.3) is 0 Å². The number of hydrogen-bond donors (Lipinski definition) is 3. The molecule has 0 aliphatic carbocycles. The zero-order valence-electron chi connectivity index (χ0n) is 8.46. The van der Waals surface area contributed by atoms with Gasteiger partial charge in [-0.25, -0.2) is 0 Å². The van der Waals surface area contributed by atoms with Crippen molar-refractivity contribution < 1.29 is 19.8 Å². The summed E-state index contributed by atoms with van der Waals surface area (Å²) in [6, 6.07) is 2.84. The maximum Gasteiger partial charge on any atom is 0.317 e. The molecule has 1 heterocycles. The van der Waals surface area contributed by atoms with Gasteiger partial charge in [-0.15, -0.1) is 0 Å². The van der Waals surface area contributed by atoms with Crippen LogP contribution in [-0.2, 0) is 9.59 Å². The van der Waals surface area contributed by atoms with Gasteiger partial charge < -0.3 is 10.2 Å². The minimum Gasteiger partial charge on any atom is -0.481 e. The highest BCUT2D eigenvalue weighted by molar-refractivity contribution is 5.70. The molecule has 1 atom stereocenters. The van der Waals surface area contributed by atoms with Crippen molar-refractivity contribution in [3.8, 4) is 0 Å². The van der Waals surface area contributed by atoms with Gasteiger partial charge in [0.25, 0.3) is 0 Å². The number of pyridine rings is 1. The molecule has 0 aliphatic heterocycles. The maximum atomic E-state index is 10.6. The van der Waals surface area contributed by atoms with Crippen LogP contribution in [0.15, 0.2) is 24.5 Å². The Balaban J connectivity index is 2.71. The molecule has 0 bridgehead atoms. The lowest BCUT2D eigenvalue weighted by molar-refractivity contribution is -0.139. The summed E-state index contributed by atoms with van der Waals surface area (Å²) in [5.74, 6) is -2.02. The summed E-state index contributed by atoms with van der Waals surface area (Å²) in [4.78, 5) is 24.9. The first kappa shape index (κ1) is 12.1. The van der Waals surface area contributed by atoms with E-state index in [0.29, 0.717) is 5.56 Å². The smallest absolute Gasteiger partial charge is 0.317 e. The van der Waals surface area contributed by atoms with Crippen molar-refractivity contribution in [2.75, 3.05) is 6.54 Å². The predicted octanol–water partition coefficient (Wildman–Crippen LogP) is 0.272. The third-order valence-corrected chi connectivity index (χ3v) is 1.97. The molecule has 0 aliphatic rings. The summed E-state index contributed by atoms with van der Waals surface area (Å²) in [7, 11) is 0. The minimum atomic E-state index is -1.03. The highest BCUT2D eigenvalue weighted by Gasteiger charge is 2.15. The fraction of sp³-hybridized carbons (Fsp3) is 0.300. The molecule has 0 fully saturated rings. The van der Waals surface area contributed by atoms with Crippen LogP contribution in [-0.4, -0.2) is 33.7 Å². The molecule has 1 aromatic heterocycles. The lowest BCUT2D eigenvalue weighted by Crippen LogP contribution is -2.29. The Morgan fingerprint density at radius 3 is 2.62 bits per heavy atom. The van der Waals surface area contributed by atoms with Gasteiger partial charge in [-0.05, 0) is 11.6 Å². The molecule has 86 valence electrons. The lowest BCUT2D eigenvalue weighted by atomic mass is 10.1. The summed E-state index contributed by atoms with van der Waals surface area (Å²) >= 11 is 0. The highest BCUT2D eigenvalue weighted by atomic mass is 16.4. The molecule has 16 heavy (non-hydrogen) atoms. The lowest BCUT2D eigenvalue weighted by Gasteiger charge is -2.15. The first-order chi connectivity index (χ1) is 7.59. The molecule has 6 nitrogen and oxygen atoms in total. The van der Waals surface area contributed by atoms with Gasteiger partial charge in [-0.1, -0.05) is 6.07 Å². The van der Waals surface area contributed by atoms with Crippen molar-refractivity contribution in [1.29, 1.82) is 0 Å². The summed E-state index contributed by atoms with van der Waals surface area (Å²) in [5.41, 5.74) is 0.658. The summed E-state index contributed by atoms with van der Waals surface area (Å²) in [6.07, 6.45) is 2.90. The van der Waals surface area contributed by atoms with Crippen molar-refractivity contribution in [3.63, 3.8) is 0 Å². The molecule has 1 aromatic rings. The average molecular weight is 224 g/mol. The van der Waals surface area contributed by atoms with Crippen LogP contribution >= 0.6 is 0 Å².